The van der Waals surface area contributed by atoms with Crippen LogP contribution in [0.1, 0.15) is 22.4 Å². The Bertz CT molecular complexity index is 841. The molecule has 0 atom stereocenters. The average molecular weight is 371 g/mol. The first-order valence-electron chi connectivity index (χ1n) is 8.80. The molecule has 0 unspecified atom stereocenters. The molecule has 0 bridgehead atoms. The molecule has 1 N–H and O–H groups in total. The Hall–Kier alpha value is -2.80. The molecule has 142 valence electrons. The molecular formula is C20H22FN3O3. The summed E-state index contributed by atoms with van der Waals surface area (Å²) in [5.74, 6) is -0.666. The molecule has 1 aromatic heterocycles. The van der Waals surface area contributed by atoms with E-state index < -0.39 is 0 Å². The van der Waals surface area contributed by atoms with E-state index in [0.717, 1.165) is 16.8 Å². The molecule has 0 saturated carbocycles. The number of aromatic nitrogens is 1. The van der Waals surface area contributed by atoms with Crippen LogP contribution in [-0.4, -0.2) is 42.0 Å². The largest absolute Gasteiger partial charge is 0.375 e. The summed E-state index contributed by atoms with van der Waals surface area (Å²) in [6.45, 7) is 1.37. The van der Waals surface area contributed by atoms with E-state index in [4.69, 9.17) is 4.74 Å². The average Bonchev–Trinajstić information content (AvgIpc) is 2.67. The molecule has 1 aliphatic heterocycles. The highest BCUT2D eigenvalue weighted by Crippen LogP contribution is 2.20. The van der Waals surface area contributed by atoms with E-state index in [1.807, 2.05) is 6.07 Å². The number of carbonyl (C=O) groups excluding carboxylic acids is 2. The number of pyridine rings is 1. The monoisotopic (exact) mass is 371 g/mol. The Labute approximate surface area is 157 Å². The number of ether oxygens (including phenoxy) is 1. The standard InChI is InChI=1S/C20H22FN3O3/c1-27-13-19(25)23-11-14-8-16-12-24(7-6-18(16)22-10-14)20(26)9-15-4-2-3-5-17(15)21/h2-5,8,10H,6-7,9,11-13H2,1H3,(H,23,25). The van der Waals surface area contributed by atoms with Crippen molar-refractivity contribution in [1.82, 2.24) is 15.2 Å². The zero-order chi connectivity index (χ0) is 19.2. The molecule has 2 heterocycles. The fourth-order valence-electron chi connectivity index (χ4n) is 3.08. The lowest BCUT2D eigenvalue weighted by atomic mass is 10.0. The number of nitrogens with zero attached hydrogens (tertiary/aromatic N) is 2. The van der Waals surface area contributed by atoms with Gasteiger partial charge in [0.2, 0.25) is 11.8 Å². The summed E-state index contributed by atoms with van der Waals surface area (Å²) < 4.78 is 18.6. The van der Waals surface area contributed by atoms with Gasteiger partial charge in [0.15, 0.2) is 0 Å². The number of fused-ring (bicyclic) bond motifs is 1. The molecule has 0 fully saturated rings. The van der Waals surface area contributed by atoms with Crippen molar-refractivity contribution < 1.29 is 18.7 Å². The Morgan fingerprint density at radius 1 is 1.33 bits per heavy atom. The van der Waals surface area contributed by atoms with Crippen molar-refractivity contribution in [2.24, 2.45) is 0 Å². The maximum Gasteiger partial charge on any atom is 0.246 e. The molecule has 0 radical (unpaired) electrons. The summed E-state index contributed by atoms with van der Waals surface area (Å²) in [4.78, 5) is 30.3. The molecular weight excluding hydrogens is 349 g/mol. The fraction of sp³-hybridized carbons (Fsp3) is 0.350. The second-order valence-corrected chi connectivity index (χ2v) is 6.49. The van der Waals surface area contributed by atoms with Gasteiger partial charge in [-0.05, 0) is 28.8 Å². The van der Waals surface area contributed by atoms with E-state index in [1.165, 1.54) is 13.2 Å². The molecule has 0 aliphatic carbocycles. The van der Waals surface area contributed by atoms with Crippen LogP contribution < -0.4 is 5.32 Å². The van der Waals surface area contributed by atoms with Gasteiger partial charge in [0.05, 0.1) is 6.42 Å². The normalized spacial score (nSPS) is 13.2. The second kappa shape index (κ2) is 8.73. The second-order valence-electron chi connectivity index (χ2n) is 6.49. The first-order valence-corrected chi connectivity index (χ1v) is 8.80. The number of hydrogen-bond donors (Lipinski definition) is 1. The number of halogens is 1. The van der Waals surface area contributed by atoms with Gasteiger partial charge in [-0.3, -0.25) is 14.6 Å². The van der Waals surface area contributed by atoms with Crippen LogP contribution in [0, 0.1) is 5.82 Å². The van der Waals surface area contributed by atoms with Gasteiger partial charge in [0, 0.05) is 45.1 Å². The summed E-state index contributed by atoms with van der Waals surface area (Å²) in [5, 5.41) is 2.75. The fourth-order valence-corrected chi connectivity index (χ4v) is 3.08. The Morgan fingerprint density at radius 2 is 2.15 bits per heavy atom. The van der Waals surface area contributed by atoms with Gasteiger partial charge >= 0.3 is 0 Å². The number of methoxy groups -OCH3 is 1. The van der Waals surface area contributed by atoms with Crippen molar-refractivity contribution in [3.05, 3.63) is 64.7 Å². The minimum absolute atomic E-state index is 0.0106. The molecule has 1 aromatic carbocycles. The highest BCUT2D eigenvalue weighted by atomic mass is 19.1. The van der Waals surface area contributed by atoms with Gasteiger partial charge in [-0.25, -0.2) is 4.39 Å². The van der Waals surface area contributed by atoms with Gasteiger partial charge in [0.25, 0.3) is 0 Å². The maximum absolute atomic E-state index is 13.8. The van der Waals surface area contributed by atoms with Crippen LogP contribution in [-0.2, 0) is 40.3 Å². The minimum atomic E-state index is -0.362. The van der Waals surface area contributed by atoms with Crippen molar-refractivity contribution in [1.29, 1.82) is 0 Å². The van der Waals surface area contributed by atoms with Gasteiger partial charge in [-0.2, -0.15) is 0 Å². The summed E-state index contributed by atoms with van der Waals surface area (Å²) >= 11 is 0. The molecule has 3 rings (SSSR count). The van der Waals surface area contributed by atoms with Gasteiger partial charge in [-0.15, -0.1) is 0 Å². The lowest BCUT2D eigenvalue weighted by molar-refractivity contribution is -0.131. The van der Waals surface area contributed by atoms with E-state index in [-0.39, 0.29) is 30.7 Å². The third-order valence-corrected chi connectivity index (χ3v) is 4.51. The molecule has 0 saturated heterocycles. The number of benzene rings is 1. The van der Waals surface area contributed by atoms with Crippen LogP contribution >= 0.6 is 0 Å². The number of nitrogens with one attached hydrogen (secondary N) is 1. The molecule has 2 aromatic rings. The lowest BCUT2D eigenvalue weighted by Gasteiger charge is -2.28. The van der Waals surface area contributed by atoms with Crippen molar-refractivity contribution in [2.75, 3.05) is 20.3 Å². The predicted molar refractivity (Wildman–Crippen MR) is 97.2 cm³/mol. The number of carbonyl (C=O) groups is 2. The SMILES string of the molecule is COCC(=O)NCc1cnc2c(c1)CN(C(=O)Cc1ccccc1F)CC2. The Balaban J connectivity index is 1.64. The van der Waals surface area contributed by atoms with Crippen LogP contribution in [0.3, 0.4) is 0 Å². The Morgan fingerprint density at radius 3 is 2.93 bits per heavy atom. The number of amides is 2. The van der Waals surface area contributed by atoms with E-state index >= 15 is 0 Å². The predicted octanol–water partition coefficient (Wildman–Crippen LogP) is 1.61. The first kappa shape index (κ1) is 19.0. The number of rotatable bonds is 6. The van der Waals surface area contributed by atoms with E-state index in [0.29, 0.717) is 31.6 Å². The van der Waals surface area contributed by atoms with Crippen LogP contribution in [0.4, 0.5) is 4.39 Å². The molecule has 7 heteroatoms. The Kier molecular flexibility index (Phi) is 6.13. The molecule has 27 heavy (non-hydrogen) atoms. The minimum Gasteiger partial charge on any atom is -0.375 e. The van der Waals surface area contributed by atoms with Crippen molar-refractivity contribution in [3.63, 3.8) is 0 Å². The van der Waals surface area contributed by atoms with Crippen LogP contribution in [0.15, 0.2) is 36.5 Å². The zero-order valence-electron chi connectivity index (χ0n) is 15.2. The molecule has 1 aliphatic rings. The summed E-state index contributed by atoms with van der Waals surface area (Å²) in [7, 11) is 1.47. The van der Waals surface area contributed by atoms with E-state index in [1.54, 1.807) is 29.3 Å². The summed E-state index contributed by atoms with van der Waals surface area (Å²) in [6, 6.07) is 8.29. The van der Waals surface area contributed by atoms with Gasteiger partial charge in [0.1, 0.15) is 12.4 Å². The van der Waals surface area contributed by atoms with Crippen molar-refractivity contribution in [2.45, 2.75) is 25.9 Å². The highest BCUT2D eigenvalue weighted by Gasteiger charge is 2.22. The van der Waals surface area contributed by atoms with E-state index in [2.05, 4.69) is 10.3 Å². The maximum atomic E-state index is 13.8. The van der Waals surface area contributed by atoms with Gasteiger partial charge < -0.3 is 15.0 Å². The highest BCUT2D eigenvalue weighted by molar-refractivity contribution is 5.79. The molecule has 0 spiro atoms. The summed E-state index contributed by atoms with van der Waals surface area (Å²) in [5.41, 5.74) is 3.18. The lowest BCUT2D eigenvalue weighted by Crippen LogP contribution is -2.37. The van der Waals surface area contributed by atoms with E-state index in [9.17, 15) is 14.0 Å². The van der Waals surface area contributed by atoms with Crippen molar-refractivity contribution >= 4 is 11.8 Å². The third-order valence-electron chi connectivity index (χ3n) is 4.51. The zero-order valence-corrected chi connectivity index (χ0v) is 15.2. The van der Waals surface area contributed by atoms with Crippen molar-refractivity contribution in [3.8, 4) is 0 Å². The summed E-state index contributed by atoms with van der Waals surface area (Å²) in [6.07, 6.45) is 2.44. The first-order chi connectivity index (χ1) is 13.1. The third kappa shape index (κ3) is 4.89. The molecule has 6 nitrogen and oxygen atoms in total. The topological polar surface area (TPSA) is 71.5 Å². The number of hydrogen-bond acceptors (Lipinski definition) is 4. The quantitative estimate of drug-likeness (QED) is 0.838. The van der Waals surface area contributed by atoms with Crippen LogP contribution in [0.5, 0.6) is 0 Å². The van der Waals surface area contributed by atoms with Crippen LogP contribution in [0.2, 0.25) is 0 Å². The smallest absolute Gasteiger partial charge is 0.246 e. The molecule has 2 amide bonds. The van der Waals surface area contributed by atoms with Crippen LogP contribution in [0.25, 0.3) is 0 Å². The van der Waals surface area contributed by atoms with Gasteiger partial charge in [-0.1, -0.05) is 18.2 Å².